The van der Waals surface area contributed by atoms with E-state index in [1.807, 2.05) is 32.5 Å². The van der Waals surface area contributed by atoms with Crippen molar-refractivity contribution in [1.29, 1.82) is 0 Å². The first kappa shape index (κ1) is 17.9. The molecule has 4 rings (SSSR count). The van der Waals surface area contributed by atoms with Gasteiger partial charge in [-0.05, 0) is 26.7 Å². The molecule has 1 saturated heterocycles. The molecule has 0 N–H and O–H groups in total. The van der Waals surface area contributed by atoms with Crippen LogP contribution < -0.4 is 4.90 Å². The van der Waals surface area contributed by atoms with Gasteiger partial charge in [0.05, 0.1) is 28.4 Å². The highest BCUT2D eigenvalue weighted by molar-refractivity contribution is 7.09. The molecule has 0 radical (unpaired) electrons. The van der Waals surface area contributed by atoms with Crippen molar-refractivity contribution in [1.82, 2.24) is 19.7 Å². The molecule has 1 fully saturated rings. The normalized spacial score (nSPS) is 17.4. The number of fused-ring (bicyclic) bond motifs is 1. The molecule has 0 amide bonds. The lowest BCUT2D eigenvalue weighted by atomic mass is 9.97. The lowest BCUT2D eigenvalue weighted by molar-refractivity contribution is 0.0526. The molecule has 0 aromatic carbocycles. The molecule has 7 nitrogen and oxygen atoms in total. The van der Waals surface area contributed by atoms with Gasteiger partial charge in [0.15, 0.2) is 5.65 Å². The summed E-state index contributed by atoms with van der Waals surface area (Å²) >= 11 is 1.70. The van der Waals surface area contributed by atoms with Crippen LogP contribution in [-0.2, 0) is 11.8 Å². The third kappa shape index (κ3) is 3.18. The van der Waals surface area contributed by atoms with Gasteiger partial charge in [0, 0.05) is 43.8 Å². The largest absolute Gasteiger partial charge is 0.462 e. The van der Waals surface area contributed by atoms with E-state index in [1.165, 1.54) is 0 Å². The van der Waals surface area contributed by atoms with Gasteiger partial charge in [-0.2, -0.15) is 5.10 Å². The molecule has 0 aliphatic carbocycles. The highest BCUT2D eigenvalue weighted by Crippen LogP contribution is 2.37. The van der Waals surface area contributed by atoms with Crippen LogP contribution in [0.2, 0.25) is 0 Å². The average Bonchev–Trinajstić information content (AvgIpc) is 3.30. The zero-order chi connectivity index (χ0) is 19.0. The molecule has 0 bridgehead atoms. The predicted molar refractivity (Wildman–Crippen MR) is 106 cm³/mol. The van der Waals surface area contributed by atoms with E-state index in [0.717, 1.165) is 53.4 Å². The lowest BCUT2D eigenvalue weighted by Gasteiger charge is -2.34. The van der Waals surface area contributed by atoms with Crippen LogP contribution in [0.15, 0.2) is 17.8 Å². The number of nitrogens with zero attached hydrogens (tertiary/aromatic N) is 5. The number of aryl methyl sites for hydroxylation is 2. The summed E-state index contributed by atoms with van der Waals surface area (Å²) in [6.45, 7) is 5.84. The number of piperidine rings is 1. The van der Waals surface area contributed by atoms with Crippen molar-refractivity contribution in [2.75, 3.05) is 24.6 Å². The van der Waals surface area contributed by atoms with Gasteiger partial charge in [0.25, 0.3) is 0 Å². The van der Waals surface area contributed by atoms with E-state index < -0.39 is 0 Å². The Bertz CT molecular complexity index is 966. The first-order valence-corrected chi connectivity index (χ1v) is 10.1. The van der Waals surface area contributed by atoms with Crippen molar-refractivity contribution >= 4 is 34.0 Å². The Kier molecular flexibility index (Phi) is 4.82. The van der Waals surface area contributed by atoms with Gasteiger partial charge in [-0.25, -0.2) is 14.8 Å². The van der Waals surface area contributed by atoms with Gasteiger partial charge in [0.2, 0.25) is 0 Å². The van der Waals surface area contributed by atoms with Gasteiger partial charge < -0.3 is 9.64 Å². The Morgan fingerprint density at radius 1 is 1.41 bits per heavy atom. The summed E-state index contributed by atoms with van der Waals surface area (Å²) in [4.78, 5) is 23.9. The van der Waals surface area contributed by atoms with Crippen LogP contribution in [0, 0.1) is 6.92 Å². The fraction of sp³-hybridized carbons (Fsp3) is 0.474. The number of hydrogen-bond acceptors (Lipinski definition) is 7. The minimum atomic E-state index is -0.332. The minimum Gasteiger partial charge on any atom is -0.462 e. The van der Waals surface area contributed by atoms with Crippen LogP contribution in [0.3, 0.4) is 0 Å². The monoisotopic (exact) mass is 385 g/mol. The second-order valence-electron chi connectivity index (χ2n) is 6.80. The maximum Gasteiger partial charge on any atom is 0.341 e. The Hall–Kier alpha value is -2.48. The molecule has 27 heavy (non-hydrogen) atoms. The van der Waals surface area contributed by atoms with Gasteiger partial charge >= 0.3 is 5.97 Å². The van der Waals surface area contributed by atoms with Crippen LogP contribution in [0.1, 0.15) is 46.7 Å². The van der Waals surface area contributed by atoms with E-state index in [9.17, 15) is 4.79 Å². The Morgan fingerprint density at radius 3 is 3.00 bits per heavy atom. The fourth-order valence-electron chi connectivity index (χ4n) is 3.90. The molecule has 0 saturated carbocycles. The van der Waals surface area contributed by atoms with Crippen molar-refractivity contribution in [2.24, 2.45) is 7.05 Å². The van der Waals surface area contributed by atoms with Crippen molar-refractivity contribution in [3.8, 4) is 0 Å². The number of thiazole rings is 1. The van der Waals surface area contributed by atoms with E-state index in [0.29, 0.717) is 18.1 Å². The number of carbonyl (C=O) groups is 1. The Morgan fingerprint density at radius 2 is 2.26 bits per heavy atom. The predicted octanol–water partition coefficient (Wildman–Crippen LogP) is 3.29. The highest BCUT2D eigenvalue weighted by atomic mass is 32.1. The number of hydrogen-bond donors (Lipinski definition) is 0. The summed E-state index contributed by atoms with van der Waals surface area (Å²) in [6, 6.07) is 0. The van der Waals surface area contributed by atoms with E-state index in [-0.39, 0.29) is 5.97 Å². The third-order valence-electron chi connectivity index (χ3n) is 5.03. The number of carbonyl (C=O) groups excluding carboxylic acids is 1. The fourth-order valence-corrected chi connectivity index (χ4v) is 4.67. The molecule has 8 heteroatoms. The quantitative estimate of drug-likeness (QED) is 0.642. The van der Waals surface area contributed by atoms with Gasteiger partial charge in [0.1, 0.15) is 5.56 Å². The summed E-state index contributed by atoms with van der Waals surface area (Å²) < 4.78 is 7.08. The number of anilines is 1. The number of esters is 1. The third-order valence-corrected chi connectivity index (χ3v) is 5.97. The second-order valence-corrected chi connectivity index (χ2v) is 7.73. The lowest BCUT2D eigenvalue weighted by Crippen LogP contribution is -2.35. The van der Waals surface area contributed by atoms with Gasteiger partial charge in [-0.3, -0.25) is 4.68 Å². The van der Waals surface area contributed by atoms with Crippen LogP contribution in [0.5, 0.6) is 0 Å². The van der Waals surface area contributed by atoms with Crippen molar-refractivity contribution in [3.63, 3.8) is 0 Å². The number of aromatic nitrogens is 4. The molecule has 1 atom stereocenters. The van der Waals surface area contributed by atoms with Gasteiger partial charge in [-0.15, -0.1) is 11.3 Å². The van der Waals surface area contributed by atoms with Crippen LogP contribution in [0.4, 0.5) is 5.69 Å². The van der Waals surface area contributed by atoms with E-state index in [4.69, 9.17) is 4.74 Å². The second kappa shape index (κ2) is 7.26. The zero-order valence-corrected chi connectivity index (χ0v) is 16.6. The molecule has 1 unspecified atom stereocenters. The van der Waals surface area contributed by atoms with Crippen LogP contribution in [0.25, 0.3) is 11.0 Å². The Balaban J connectivity index is 1.82. The summed E-state index contributed by atoms with van der Waals surface area (Å²) in [5.74, 6) is 0.0375. The average molecular weight is 385 g/mol. The summed E-state index contributed by atoms with van der Waals surface area (Å²) in [7, 11) is 1.88. The van der Waals surface area contributed by atoms with Crippen molar-refractivity contribution < 1.29 is 9.53 Å². The molecular formula is C19H23N5O2S. The van der Waals surface area contributed by atoms with Crippen molar-refractivity contribution in [3.05, 3.63) is 34.0 Å². The molecule has 4 heterocycles. The molecule has 1 aliphatic heterocycles. The number of pyridine rings is 1. The zero-order valence-electron chi connectivity index (χ0n) is 15.8. The highest BCUT2D eigenvalue weighted by Gasteiger charge is 2.29. The molecule has 3 aromatic rings. The summed E-state index contributed by atoms with van der Waals surface area (Å²) in [5, 5.41) is 8.64. The van der Waals surface area contributed by atoms with Crippen molar-refractivity contribution in [2.45, 2.75) is 32.6 Å². The van der Waals surface area contributed by atoms with E-state index in [2.05, 4.69) is 20.0 Å². The maximum absolute atomic E-state index is 12.7. The van der Waals surface area contributed by atoms with Crippen LogP contribution >= 0.6 is 11.3 Å². The van der Waals surface area contributed by atoms with E-state index >= 15 is 0 Å². The molecule has 1 aliphatic rings. The molecule has 142 valence electrons. The minimum absolute atomic E-state index is 0.332. The molecule has 0 spiro atoms. The summed E-state index contributed by atoms with van der Waals surface area (Å²) in [6.07, 6.45) is 5.65. The summed E-state index contributed by atoms with van der Waals surface area (Å²) in [5.41, 5.74) is 3.06. The molecular weight excluding hydrogens is 362 g/mol. The number of ether oxygens (including phenoxy) is 1. The smallest absolute Gasteiger partial charge is 0.341 e. The first-order chi connectivity index (χ1) is 13.1. The SMILES string of the molecule is CCOC(=O)c1cnc2c(c(C)nn2C)c1N1CCCC(c2nccs2)C1. The maximum atomic E-state index is 12.7. The topological polar surface area (TPSA) is 73.1 Å². The van der Waals surface area contributed by atoms with Gasteiger partial charge in [-0.1, -0.05) is 0 Å². The Labute approximate surface area is 162 Å². The van der Waals surface area contributed by atoms with E-state index in [1.54, 1.807) is 22.2 Å². The first-order valence-electron chi connectivity index (χ1n) is 9.24. The standard InChI is InChI=1S/C19H23N5O2S/c1-4-26-19(25)14-10-21-17-15(12(2)22-23(17)3)16(14)24-8-5-6-13(11-24)18-20-7-9-27-18/h7,9-10,13H,4-6,8,11H2,1-3H3. The number of rotatable bonds is 4. The van der Waals surface area contributed by atoms with Crippen LogP contribution in [-0.4, -0.2) is 45.4 Å². The molecule has 3 aromatic heterocycles.